The van der Waals surface area contributed by atoms with Crippen LogP contribution in [0.2, 0.25) is 5.15 Å². The van der Waals surface area contributed by atoms with Crippen LogP contribution in [-0.4, -0.2) is 45.2 Å². The number of likely N-dealkylation sites (tertiary alicyclic amines) is 1. The molecule has 30 heavy (non-hydrogen) atoms. The maximum Gasteiger partial charge on any atom is 0.254 e. The minimum absolute atomic E-state index is 0.0162. The smallest absolute Gasteiger partial charge is 0.254 e. The summed E-state index contributed by atoms with van der Waals surface area (Å²) < 4.78 is 5.18. The van der Waals surface area contributed by atoms with Crippen molar-refractivity contribution in [3.8, 4) is 0 Å². The van der Waals surface area contributed by atoms with Crippen molar-refractivity contribution < 1.29 is 9.59 Å². The monoisotopic (exact) mass is 440 g/mol. The number of carbonyl (C=O) groups is 2. The molecule has 0 bridgehead atoms. The average Bonchev–Trinajstić information content (AvgIpc) is 3.42. The highest BCUT2D eigenvalue weighted by Crippen LogP contribution is 2.39. The topological polar surface area (TPSA) is 75.2 Å². The van der Waals surface area contributed by atoms with Crippen LogP contribution in [0.25, 0.3) is 10.1 Å². The van der Waals surface area contributed by atoms with Crippen LogP contribution in [0.5, 0.6) is 0 Å². The molecule has 8 heteroatoms. The second-order valence-corrected chi connectivity index (χ2v) is 9.41. The normalized spacial score (nSPS) is 23.0. The zero-order valence-corrected chi connectivity index (χ0v) is 18.0. The SMILES string of the molecule is Cc1cc(C(=O)N2CC3CCC(NC(=O)c4ccc5cnsc5c4)C3C2)cc(Cl)n1. The molecule has 3 heterocycles. The number of pyridine rings is 1. The Hall–Kier alpha value is -2.51. The maximum atomic E-state index is 13.0. The number of aryl methyl sites for hydroxylation is 1. The quantitative estimate of drug-likeness (QED) is 0.626. The number of halogens is 1. The van der Waals surface area contributed by atoms with Crippen LogP contribution >= 0.6 is 23.1 Å². The van der Waals surface area contributed by atoms with Crippen LogP contribution in [0, 0.1) is 18.8 Å². The zero-order chi connectivity index (χ0) is 20.8. The van der Waals surface area contributed by atoms with Crippen molar-refractivity contribution in [3.05, 3.63) is 58.5 Å². The summed E-state index contributed by atoms with van der Waals surface area (Å²) in [6, 6.07) is 9.16. The Labute approximate surface area is 183 Å². The minimum atomic E-state index is -0.0581. The van der Waals surface area contributed by atoms with Gasteiger partial charge in [0, 0.05) is 53.5 Å². The fourth-order valence-electron chi connectivity index (χ4n) is 4.80. The van der Waals surface area contributed by atoms with E-state index in [0.29, 0.717) is 28.7 Å². The van der Waals surface area contributed by atoms with Gasteiger partial charge in [-0.2, -0.15) is 4.37 Å². The molecule has 3 aromatic rings. The number of fused-ring (bicyclic) bond motifs is 2. The first kappa shape index (κ1) is 19.5. The van der Waals surface area contributed by atoms with Crippen molar-refractivity contribution in [1.82, 2.24) is 19.6 Å². The van der Waals surface area contributed by atoms with E-state index in [4.69, 9.17) is 11.6 Å². The fourth-order valence-corrected chi connectivity index (χ4v) is 5.73. The predicted octanol–water partition coefficient (Wildman–Crippen LogP) is 3.93. The number of aromatic nitrogens is 2. The Morgan fingerprint density at radius 1 is 1.17 bits per heavy atom. The number of hydrogen-bond acceptors (Lipinski definition) is 5. The Balaban J connectivity index is 1.27. The van der Waals surface area contributed by atoms with E-state index in [0.717, 1.165) is 35.2 Å². The van der Waals surface area contributed by atoms with Crippen molar-refractivity contribution in [2.24, 2.45) is 11.8 Å². The zero-order valence-electron chi connectivity index (χ0n) is 16.5. The van der Waals surface area contributed by atoms with Gasteiger partial charge in [-0.3, -0.25) is 9.59 Å². The number of hydrogen-bond donors (Lipinski definition) is 1. The van der Waals surface area contributed by atoms with E-state index in [1.54, 1.807) is 12.1 Å². The minimum Gasteiger partial charge on any atom is -0.349 e. The first-order chi connectivity index (χ1) is 14.5. The molecule has 0 radical (unpaired) electrons. The van der Waals surface area contributed by atoms with Gasteiger partial charge in [0.25, 0.3) is 11.8 Å². The molecule has 1 aliphatic heterocycles. The van der Waals surface area contributed by atoms with Crippen LogP contribution in [0.4, 0.5) is 0 Å². The summed E-state index contributed by atoms with van der Waals surface area (Å²) in [6.45, 7) is 3.21. The summed E-state index contributed by atoms with van der Waals surface area (Å²) in [6.07, 6.45) is 3.78. The second-order valence-electron chi connectivity index (χ2n) is 8.19. The Morgan fingerprint density at radius 3 is 2.87 bits per heavy atom. The van der Waals surface area contributed by atoms with Gasteiger partial charge < -0.3 is 10.2 Å². The molecule has 1 saturated heterocycles. The summed E-state index contributed by atoms with van der Waals surface area (Å²) in [5.41, 5.74) is 1.96. The van der Waals surface area contributed by atoms with Gasteiger partial charge in [-0.15, -0.1) is 0 Å². The average molecular weight is 441 g/mol. The Bertz CT molecular complexity index is 1130. The van der Waals surface area contributed by atoms with Gasteiger partial charge >= 0.3 is 0 Å². The number of benzene rings is 1. The summed E-state index contributed by atoms with van der Waals surface area (Å²) in [7, 11) is 0. The number of rotatable bonds is 3. The van der Waals surface area contributed by atoms with Crippen LogP contribution in [0.3, 0.4) is 0 Å². The Morgan fingerprint density at radius 2 is 2.03 bits per heavy atom. The summed E-state index contributed by atoms with van der Waals surface area (Å²) in [5, 5.41) is 4.60. The van der Waals surface area contributed by atoms with E-state index in [9.17, 15) is 9.59 Å². The van der Waals surface area contributed by atoms with Gasteiger partial charge in [0.1, 0.15) is 5.15 Å². The van der Waals surface area contributed by atoms with Crippen LogP contribution < -0.4 is 5.32 Å². The molecule has 154 valence electrons. The van der Waals surface area contributed by atoms with Gasteiger partial charge in [-0.05, 0) is 61.5 Å². The van der Waals surface area contributed by atoms with Crippen molar-refractivity contribution in [2.75, 3.05) is 13.1 Å². The highest BCUT2D eigenvalue weighted by Gasteiger charge is 2.44. The van der Waals surface area contributed by atoms with E-state index in [1.807, 2.05) is 36.2 Å². The highest BCUT2D eigenvalue weighted by molar-refractivity contribution is 7.13. The number of nitrogens with one attached hydrogen (secondary N) is 1. The van der Waals surface area contributed by atoms with Gasteiger partial charge in [0.2, 0.25) is 0 Å². The van der Waals surface area contributed by atoms with Crippen molar-refractivity contribution in [1.29, 1.82) is 0 Å². The van der Waals surface area contributed by atoms with Gasteiger partial charge in [0.05, 0.1) is 4.70 Å². The van der Waals surface area contributed by atoms with Crippen LogP contribution in [0.1, 0.15) is 39.3 Å². The fraction of sp³-hybridized carbons (Fsp3) is 0.364. The molecule has 2 amide bonds. The maximum absolute atomic E-state index is 13.0. The lowest BCUT2D eigenvalue weighted by atomic mass is 9.97. The predicted molar refractivity (Wildman–Crippen MR) is 117 cm³/mol. The molecule has 2 fully saturated rings. The third-order valence-electron chi connectivity index (χ3n) is 6.25. The molecule has 3 atom stereocenters. The number of nitrogens with zero attached hydrogens (tertiary/aromatic N) is 3. The van der Waals surface area contributed by atoms with Crippen molar-refractivity contribution in [2.45, 2.75) is 25.8 Å². The molecule has 1 N–H and O–H groups in total. The van der Waals surface area contributed by atoms with Crippen molar-refractivity contribution >= 4 is 45.0 Å². The standard InChI is InChI=1S/C22H21ClN4O2S/c1-12-6-16(8-20(23)25-12)22(29)27-10-15-4-5-18(17(15)11-27)26-21(28)13-2-3-14-9-24-30-19(14)7-13/h2-3,6-9,15,17-18H,4-5,10-11H2,1H3,(H,26,28). The van der Waals surface area contributed by atoms with Gasteiger partial charge in [-0.25, -0.2) is 4.98 Å². The molecule has 5 rings (SSSR count). The largest absolute Gasteiger partial charge is 0.349 e. The van der Waals surface area contributed by atoms with Crippen molar-refractivity contribution in [3.63, 3.8) is 0 Å². The van der Waals surface area contributed by atoms with E-state index < -0.39 is 0 Å². The third-order valence-corrected chi connectivity index (χ3v) is 7.20. The second kappa shape index (κ2) is 7.63. The van der Waals surface area contributed by atoms with Crippen LogP contribution in [0.15, 0.2) is 36.5 Å². The molecular formula is C22H21ClN4O2S. The van der Waals surface area contributed by atoms with E-state index in [2.05, 4.69) is 14.7 Å². The highest BCUT2D eigenvalue weighted by atomic mass is 35.5. The van der Waals surface area contributed by atoms with E-state index in [1.165, 1.54) is 11.5 Å². The number of amides is 2. The molecule has 2 aromatic heterocycles. The van der Waals surface area contributed by atoms with Gasteiger partial charge in [-0.1, -0.05) is 17.7 Å². The summed E-state index contributed by atoms with van der Waals surface area (Å²) in [4.78, 5) is 31.8. The Kier molecular flexibility index (Phi) is 4.95. The lowest BCUT2D eigenvalue weighted by Gasteiger charge is -2.22. The van der Waals surface area contributed by atoms with E-state index in [-0.39, 0.29) is 23.8 Å². The number of carbonyl (C=O) groups excluding carboxylic acids is 2. The molecular weight excluding hydrogens is 420 g/mol. The lowest BCUT2D eigenvalue weighted by molar-refractivity contribution is 0.0777. The summed E-state index contributed by atoms with van der Waals surface area (Å²) >= 11 is 7.42. The third kappa shape index (κ3) is 3.56. The molecule has 6 nitrogen and oxygen atoms in total. The first-order valence-corrected chi connectivity index (χ1v) is 11.2. The summed E-state index contributed by atoms with van der Waals surface area (Å²) in [5.74, 6) is 0.625. The van der Waals surface area contributed by atoms with Gasteiger partial charge in [0.15, 0.2) is 0 Å². The lowest BCUT2D eigenvalue weighted by Crippen LogP contribution is -2.40. The molecule has 0 spiro atoms. The first-order valence-electron chi connectivity index (χ1n) is 10.1. The molecule has 1 aliphatic carbocycles. The molecule has 1 saturated carbocycles. The molecule has 1 aromatic carbocycles. The van der Waals surface area contributed by atoms with E-state index >= 15 is 0 Å². The van der Waals surface area contributed by atoms with Crippen LogP contribution in [-0.2, 0) is 0 Å². The molecule has 2 aliphatic rings. The molecule has 3 unspecified atom stereocenters.